The van der Waals surface area contributed by atoms with Crippen LogP contribution < -0.4 is 11.2 Å². The summed E-state index contributed by atoms with van der Waals surface area (Å²) in [6, 6.07) is 1.62. The van der Waals surface area contributed by atoms with Gasteiger partial charge in [-0.1, -0.05) is 0 Å². The van der Waals surface area contributed by atoms with E-state index in [2.05, 4.69) is 0 Å². The molecule has 3 rings (SSSR count). The summed E-state index contributed by atoms with van der Waals surface area (Å²) >= 11 is 0. The molecule has 8 nitrogen and oxygen atoms in total. The molecule has 1 aliphatic heterocycles. The lowest BCUT2D eigenvalue weighted by Gasteiger charge is -2.16. The standard InChI is InChI=1S/C13H17N3O5/c1-14-11-7(12(19)15(2)13(14)20)3-4-16(11)10-5-8(18)9(6-17)21-10/h3-4,8-10,17-18H,5-6H2,1-2H3/t8-,9+,10+/m0/s1. The zero-order valence-electron chi connectivity index (χ0n) is 11.8. The minimum absolute atomic E-state index is 0.280. The van der Waals surface area contributed by atoms with Crippen molar-refractivity contribution in [3.8, 4) is 0 Å². The van der Waals surface area contributed by atoms with Crippen LogP contribution in [0.25, 0.3) is 11.0 Å². The molecule has 3 atom stereocenters. The normalized spacial score (nSPS) is 25.8. The van der Waals surface area contributed by atoms with Crippen LogP contribution in [0, 0.1) is 0 Å². The predicted molar refractivity (Wildman–Crippen MR) is 74.0 cm³/mol. The summed E-state index contributed by atoms with van der Waals surface area (Å²) in [5.74, 6) is 0. The van der Waals surface area contributed by atoms with Crippen LogP contribution in [0.2, 0.25) is 0 Å². The van der Waals surface area contributed by atoms with Crippen LogP contribution in [-0.2, 0) is 18.8 Å². The van der Waals surface area contributed by atoms with Crippen molar-refractivity contribution in [2.75, 3.05) is 6.61 Å². The van der Waals surface area contributed by atoms with Crippen LogP contribution in [0.15, 0.2) is 21.9 Å². The Morgan fingerprint density at radius 1 is 1.33 bits per heavy atom. The van der Waals surface area contributed by atoms with Gasteiger partial charge in [-0.3, -0.25) is 13.9 Å². The molecule has 2 N–H and O–H groups in total. The van der Waals surface area contributed by atoms with E-state index >= 15 is 0 Å². The second kappa shape index (κ2) is 4.83. The predicted octanol–water partition coefficient (Wildman–Crippen LogP) is -1.32. The SMILES string of the molecule is Cn1c(=O)c2ccn([C@H]3C[C@H](O)[C@@H](CO)O3)c2n(C)c1=O. The Bertz CT molecular complexity index is 802. The Morgan fingerprint density at radius 2 is 2.05 bits per heavy atom. The molecule has 2 aromatic heterocycles. The van der Waals surface area contributed by atoms with Gasteiger partial charge in [-0.05, 0) is 6.07 Å². The first-order valence-corrected chi connectivity index (χ1v) is 6.66. The minimum Gasteiger partial charge on any atom is -0.394 e. The fourth-order valence-electron chi connectivity index (χ4n) is 2.83. The second-order valence-corrected chi connectivity index (χ2v) is 5.28. The summed E-state index contributed by atoms with van der Waals surface area (Å²) in [5.41, 5.74) is -0.354. The maximum absolute atomic E-state index is 12.1. The Hall–Kier alpha value is -1.90. The van der Waals surface area contributed by atoms with Gasteiger partial charge in [0.2, 0.25) is 0 Å². The molecule has 1 aliphatic rings. The Kier molecular flexibility index (Phi) is 3.23. The number of rotatable bonds is 2. The molecule has 21 heavy (non-hydrogen) atoms. The zero-order valence-corrected chi connectivity index (χ0v) is 11.8. The quantitative estimate of drug-likeness (QED) is 0.716. The molecule has 2 aromatic rings. The fraction of sp³-hybridized carbons (Fsp3) is 0.538. The first kappa shape index (κ1) is 14.1. The van der Waals surface area contributed by atoms with E-state index in [1.165, 1.54) is 11.6 Å². The van der Waals surface area contributed by atoms with E-state index in [-0.39, 0.29) is 12.2 Å². The van der Waals surface area contributed by atoms with Crippen LogP contribution >= 0.6 is 0 Å². The average Bonchev–Trinajstić information content (AvgIpc) is 3.06. The molecule has 1 fully saturated rings. The maximum atomic E-state index is 12.1. The highest BCUT2D eigenvalue weighted by Crippen LogP contribution is 2.30. The molecule has 0 saturated carbocycles. The number of ether oxygens (including phenoxy) is 1. The molecule has 8 heteroatoms. The van der Waals surface area contributed by atoms with E-state index in [4.69, 9.17) is 9.84 Å². The van der Waals surface area contributed by atoms with Crippen LogP contribution in [0.3, 0.4) is 0 Å². The van der Waals surface area contributed by atoms with E-state index in [9.17, 15) is 14.7 Å². The summed E-state index contributed by atoms with van der Waals surface area (Å²) in [6.45, 7) is -0.280. The molecule has 0 radical (unpaired) electrons. The van der Waals surface area contributed by atoms with E-state index in [0.29, 0.717) is 17.5 Å². The third kappa shape index (κ3) is 1.95. The highest BCUT2D eigenvalue weighted by molar-refractivity contribution is 5.75. The molecular formula is C13H17N3O5. The van der Waals surface area contributed by atoms with Gasteiger partial charge in [0.1, 0.15) is 18.0 Å². The van der Waals surface area contributed by atoms with Crippen molar-refractivity contribution < 1.29 is 14.9 Å². The van der Waals surface area contributed by atoms with Gasteiger partial charge in [0.15, 0.2) is 0 Å². The number of nitrogens with zero attached hydrogens (tertiary/aromatic N) is 3. The highest BCUT2D eigenvalue weighted by atomic mass is 16.5. The number of hydrogen-bond donors (Lipinski definition) is 2. The summed E-state index contributed by atoms with van der Waals surface area (Å²) in [6.07, 6.45) is -0.00877. The summed E-state index contributed by atoms with van der Waals surface area (Å²) in [7, 11) is 3.01. The van der Waals surface area contributed by atoms with E-state index < -0.39 is 24.1 Å². The highest BCUT2D eigenvalue weighted by Gasteiger charge is 2.35. The van der Waals surface area contributed by atoms with E-state index in [0.717, 1.165) is 4.57 Å². The molecule has 1 saturated heterocycles. The van der Waals surface area contributed by atoms with Gasteiger partial charge in [-0.15, -0.1) is 0 Å². The number of aliphatic hydroxyl groups is 2. The minimum atomic E-state index is -0.777. The monoisotopic (exact) mass is 295 g/mol. The smallest absolute Gasteiger partial charge is 0.332 e. The maximum Gasteiger partial charge on any atom is 0.332 e. The van der Waals surface area contributed by atoms with Gasteiger partial charge >= 0.3 is 5.69 Å². The Morgan fingerprint density at radius 3 is 2.67 bits per heavy atom. The largest absolute Gasteiger partial charge is 0.394 e. The van der Waals surface area contributed by atoms with Crippen LogP contribution in [0.5, 0.6) is 0 Å². The summed E-state index contributed by atoms with van der Waals surface area (Å²) in [5, 5.41) is 19.4. The second-order valence-electron chi connectivity index (χ2n) is 5.28. The lowest BCUT2D eigenvalue weighted by Crippen LogP contribution is -2.37. The fourth-order valence-corrected chi connectivity index (χ4v) is 2.83. The van der Waals surface area contributed by atoms with E-state index in [1.54, 1.807) is 23.9 Å². The average molecular weight is 295 g/mol. The molecule has 0 amide bonds. The van der Waals surface area contributed by atoms with Gasteiger partial charge in [-0.25, -0.2) is 4.79 Å². The first-order chi connectivity index (χ1) is 9.95. The molecule has 0 unspecified atom stereocenters. The molecule has 3 heterocycles. The van der Waals surface area contributed by atoms with Gasteiger partial charge in [0, 0.05) is 26.7 Å². The molecule has 114 valence electrons. The molecule has 0 spiro atoms. The van der Waals surface area contributed by atoms with E-state index in [1.807, 2.05) is 0 Å². The molecule has 0 bridgehead atoms. The Balaban J connectivity index is 2.18. The lowest BCUT2D eigenvalue weighted by atomic mass is 10.2. The van der Waals surface area contributed by atoms with Crippen molar-refractivity contribution >= 4 is 11.0 Å². The molecule has 0 aliphatic carbocycles. The number of aliphatic hydroxyl groups excluding tert-OH is 2. The third-order valence-electron chi connectivity index (χ3n) is 4.01. The van der Waals surface area contributed by atoms with Crippen molar-refractivity contribution in [2.24, 2.45) is 14.1 Å². The number of aryl methyl sites for hydroxylation is 1. The van der Waals surface area contributed by atoms with Gasteiger partial charge in [-0.2, -0.15) is 0 Å². The van der Waals surface area contributed by atoms with Crippen LogP contribution in [0.1, 0.15) is 12.6 Å². The third-order valence-corrected chi connectivity index (χ3v) is 4.01. The summed E-state index contributed by atoms with van der Waals surface area (Å²) in [4.78, 5) is 24.2. The van der Waals surface area contributed by atoms with Crippen LogP contribution in [-0.4, -0.2) is 42.7 Å². The number of hydrogen-bond acceptors (Lipinski definition) is 5. The van der Waals surface area contributed by atoms with Crippen molar-refractivity contribution in [1.29, 1.82) is 0 Å². The van der Waals surface area contributed by atoms with Gasteiger partial charge in [0.25, 0.3) is 5.56 Å². The van der Waals surface area contributed by atoms with Gasteiger partial charge in [0.05, 0.1) is 18.1 Å². The number of aromatic nitrogens is 3. The Labute approximate surface area is 119 Å². The summed E-state index contributed by atoms with van der Waals surface area (Å²) < 4.78 is 9.65. The zero-order chi connectivity index (χ0) is 15.3. The number of fused-ring (bicyclic) bond motifs is 1. The topological polar surface area (TPSA) is 98.6 Å². The molecule has 0 aromatic carbocycles. The van der Waals surface area contributed by atoms with Crippen LogP contribution in [0.4, 0.5) is 0 Å². The molecular weight excluding hydrogens is 278 g/mol. The van der Waals surface area contributed by atoms with Crippen molar-refractivity contribution in [3.63, 3.8) is 0 Å². The first-order valence-electron chi connectivity index (χ1n) is 6.66. The lowest BCUT2D eigenvalue weighted by molar-refractivity contribution is -0.0431. The van der Waals surface area contributed by atoms with Crippen molar-refractivity contribution in [3.05, 3.63) is 33.1 Å². The van der Waals surface area contributed by atoms with Gasteiger partial charge < -0.3 is 19.5 Å². The van der Waals surface area contributed by atoms with Crippen molar-refractivity contribution in [1.82, 2.24) is 13.7 Å². The van der Waals surface area contributed by atoms with Crippen molar-refractivity contribution in [2.45, 2.75) is 24.9 Å².